The number of hydrogen-bond donors (Lipinski definition) is 2. The highest BCUT2D eigenvalue weighted by atomic mass is 16.6. The van der Waals surface area contributed by atoms with E-state index >= 15 is 0 Å². The molecule has 0 spiro atoms. The molecule has 3 aromatic rings. The molecule has 0 radical (unpaired) electrons. The lowest BCUT2D eigenvalue weighted by molar-refractivity contribution is -0.385. The van der Waals surface area contributed by atoms with Crippen LogP contribution in [0.25, 0.3) is 0 Å². The van der Waals surface area contributed by atoms with Crippen LogP contribution in [0.5, 0.6) is 0 Å². The van der Waals surface area contributed by atoms with E-state index in [0.29, 0.717) is 49.2 Å². The molecule has 1 aliphatic heterocycles. The molecule has 14 heteroatoms. The average Bonchev–Trinajstić information content (AvgIpc) is 2.88. The molecule has 0 unspecified atom stereocenters. The summed E-state index contributed by atoms with van der Waals surface area (Å²) in [6, 6.07) is 11.9. The van der Waals surface area contributed by atoms with Gasteiger partial charge in [0.05, 0.1) is 28.8 Å². The highest BCUT2D eigenvalue weighted by Crippen LogP contribution is 2.21. The topological polar surface area (TPSA) is 174 Å². The number of nitro benzene ring substituents is 2. The van der Waals surface area contributed by atoms with E-state index in [2.05, 4.69) is 30.8 Å². The minimum atomic E-state index is -0.476. The normalized spacial score (nSPS) is 13.9. The molecule has 0 amide bonds. The number of nitrogens with zero attached hydrogens (tertiary/aromatic N) is 7. The molecular formula is C21H21N9O5. The Bertz CT molecular complexity index is 1240. The molecule has 14 nitrogen and oxygen atoms in total. The summed E-state index contributed by atoms with van der Waals surface area (Å²) in [5, 5.41) is 29.1. The maximum absolute atomic E-state index is 10.9. The number of benzene rings is 2. The zero-order chi connectivity index (χ0) is 24.8. The molecule has 2 aromatic carbocycles. The van der Waals surface area contributed by atoms with E-state index < -0.39 is 9.85 Å². The van der Waals surface area contributed by atoms with Crippen molar-refractivity contribution in [2.75, 3.05) is 41.9 Å². The van der Waals surface area contributed by atoms with Gasteiger partial charge in [0.15, 0.2) is 0 Å². The van der Waals surface area contributed by atoms with Crippen LogP contribution in [0.1, 0.15) is 12.5 Å². The van der Waals surface area contributed by atoms with Crippen molar-refractivity contribution in [3.8, 4) is 0 Å². The quantitative estimate of drug-likeness (QED) is 0.276. The van der Waals surface area contributed by atoms with Crippen LogP contribution in [0.3, 0.4) is 0 Å². The maximum Gasteiger partial charge on any atom is 0.269 e. The molecule has 35 heavy (non-hydrogen) atoms. The van der Waals surface area contributed by atoms with E-state index in [1.54, 1.807) is 31.2 Å². The summed E-state index contributed by atoms with van der Waals surface area (Å²) in [6.45, 7) is 4.03. The third kappa shape index (κ3) is 6.00. The lowest BCUT2D eigenvalue weighted by atomic mass is 10.1. The van der Waals surface area contributed by atoms with Crippen LogP contribution in [-0.2, 0) is 4.74 Å². The van der Waals surface area contributed by atoms with Gasteiger partial charge in [0.2, 0.25) is 17.8 Å². The van der Waals surface area contributed by atoms with Gasteiger partial charge in [-0.25, -0.2) is 5.43 Å². The molecule has 1 fully saturated rings. The molecule has 0 aliphatic carbocycles. The second-order valence-electron chi connectivity index (χ2n) is 7.42. The lowest BCUT2D eigenvalue weighted by Crippen LogP contribution is -2.37. The van der Waals surface area contributed by atoms with Gasteiger partial charge in [-0.2, -0.15) is 20.1 Å². The minimum Gasteiger partial charge on any atom is -0.378 e. The van der Waals surface area contributed by atoms with Crippen LogP contribution in [0.15, 0.2) is 53.6 Å². The zero-order valence-electron chi connectivity index (χ0n) is 18.6. The Morgan fingerprint density at radius 3 is 2.09 bits per heavy atom. The van der Waals surface area contributed by atoms with Gasteiger partial charge in [-0.05, 0) is 36.8 Å². The first kappa shape index (κ1) is 23.4. The molecule has 2 heterocycles. The largest absolute Gasteiger partial charge is 0.378 e. The molecule has 1 aromatic heterocycles. The van der Waals surface area contributed by atoms with Gasteiger partial charge in [-0.15, -0.1) is 0 Å². The number of aromatic nitrogens is 3. The Kier molecular flexibility index (Phi) is 7.02. The highest BCUT2D eigenvalue weighted by molar-refractivity contribution is 5.99. The van der Waals surface area contributed by atoms with Gasteiger partial charge in [-0.3, -0.25) is 20.2 Å². The molecule has 0 atom stereocenters. The summed E-state index contributed by atoms with van der Waals surface area (Å²) in [6.07, 6.45) is 0. The summed E-state index contributed by atoms with van der Waals surface area (Å²) in [7, 11) is 0. The standard InChI is InChI=1S/C21H21N9O5/c1-14(15-2-6-17(7-3-15)29(31)32)26-27-20-23-19(22-16-4-8-18(9-5-16)30(33)34)24-21(25-20)28-10-12-35-13-11-28/h2-9H,10-13H2,1H3,(H2,22,23,24,25,27). The van der Waals surface area contributed by atoms with Gasteiger partial charge >= 0.3 is 0 Å². The van der Waals surface area contributed by atoms with Crippen LogP contribution in [0.4, 0.5) is 34.9 Å². The number of anilines is 4. The Balaban J connectivity index is 1.57. The van der Waals surface area contributed by atoms with Crippen molar-refractivity contribution in [1.29, 1.82) is 0 Å². The Labute approximate surface area is 199 Å². The number of non-ortho nitro benzene ring substituents is 2. The Hall–Kier alpha value is -4.72. The number of ether oxygens (including phenoxy) is 1. The number of rotatable bonds is 8. The first-order valence-electron chi connectivity index (χ1n) is 10.5. The van der Waals surface area contributed by atoms with Crippen molar-refractivity contribution in [1.82, 2.24) is 15.0 Å². The fourth-order valence-corrected chi connectivity index (χ4v) is 3.19. The van der Waals surface area contributed by atoms with Gasteiger partial charge in [-0.1, -0.05) is 0 Å². The van der Waals surface area contributed by atoms with E-state index in [1.807, 2.05) is 4.90 Å². The van der Waals surface area contributed by atoms with Crippen LogP contribution in [0, 0.1) is 20.2 Å². The SMILES string of the molecule is CC(=NNc1nc(Nc2ccc([N+](=O)[O-])cc2)nc(N2CCOCC2)n1)c1ccc([N+](=O)[O-])cc1. The molecule has 0 saturated carbocycles. The summed E-state index contributed by atoms with van der Waals surface area (Å²) >= 11 is 0. The van der Waals surface area contributed by atoms with E-state index in [9.17, 15) is 20.2 Å². The molecule has 4 rings (SSSR count). The van der Waals surface area contributed by atoms with E-state index in [-0.39, 0.29) is 23.3 Å². The smallest absolute Gasteiger partial charge is 0.269 e. The number of nitrogens with one attached hydrogen (secondary N) is 2. The third-order valence-corrected chi connectivity index (χ3v) is 5.07. The van der Waals surface area contributed by atoms with Crippen LogP contribution in [0.2, 0.25) is 0 Å². The van der Waals surface area contributed by atoms with Crippen LogP contribution < -0.4 is 15.6 Å². The number of nitro groups is 2. The second-order valence-corrected chi connectivity index (χ2v) is 7.42. The second kappa shape index (κ2) is 10.5. The minimum absolute atomic E-state index is 0.0101. The van der Waals surface area contributed by atoms with E-state index in [4.69, 9.17) is 4.74 Å². The summed E-state index contributed by atoms with van der Waals surface area (Å²) in [4.78, 5) is 36.0. The summed E-state index contributed by atoms with van der Waals surface area (Å²) < 4.78 is 5.40. The summed E-state index contributed by atoms with van der Waals surface area (Å²) in [5.74, 6) is 0.812. The van der Waals surface area contributed by atoms with Crippen molar-refractivity contribution < 1.29 is 14.6 Å². The maximum atomic E-state index is 10.9. The van der Waals surface area contributed by atoms with Crippen molar-refractivity contribution in [2.45, 2.75) is 6.92 Å². The van der Waals surface area contributed by atoms with Crippen LogP contribution >= 0.6 is 0 Å². The van der Waals surface area contributed by atoms with E-state index in [1.165, 1.54) is 24.3 Å². The van der Waals surface area contributed by atoms with Crippen LogP contribution in [-0.4, -0.2) is 56.8 Å². The lowest BCUT2D eigenvalue weighted by Gasteiger charge is -2.27. The molecule has 1 saturated heterocycles. The first-order valence-corrected chi connectivity index (χ1v) is 10.5. The van der Waals surface area contributed by atoms with Gasteiger partial charge in [0.1, 0.15) is 0 Å². The zero-order valence-corrected chi connectivity index (χ0v) is 18.6. The summed E-state index contributed by atoms with van der Waals surface area (Å²) in [5.41, 5.74) is 4.59. The Morgan fingerprint density at radius 2 is 1.49 bits per heavy atom. The number of hydrogen-bond acceptors (Lipinski definition) is 12. The average molecular weight is 479 g/mol. The molecule has 1 aliphatic rings. The number of hydrazone groups is 1. The van der Waals surface area contributed by atoms with Crippen molar-refractivity contribution in [3.05, 3.63) is 74.3 Å². The molecule has 0 bridgehead atoms. The van der Waals surface area contributed by atoms with Gasteiger partial charge in [0.25, 0.3) is 11.4 Å². The van der Waals surface area contributed by atoms with Crippen molar-refractivity contribution >= 4 is 40.6 Å². The monoisotopic (exact) mass is 479 g/mol. The predicted octanol–water partition coefficient (Wildman–Crippen LogP) is 3.10. The first-order chi connectivity index (χ1) is 16.9. The molecule has 180 valence electrons. The van der Waals surface area contributed by atoms with Gasteiger partial charge < -0.3 is 15.0 Å². The highest BCUT2D eigenvalue weighted by Gasteiger charge is 2.17. The van der Waals surface area contributed by atoms with Crippen molar-refractivity contribution in [2.24, 2.45) is 5.10 Å². The molecule has 2 N–H and O–H groups in total. The number of morpholine rings is 1. The third-order valence-electron chi connectivity index (χ3n) is 5.07. The predicted molar refractivity (Wildman–Crippen MR) is 128 cm³/mol. The Morgan fingerprint density at radius 1 is 0.914 bits per heavy atom. The van der Waals surface area contributed by atoms with E-state index in [0.717, 1.165) is 0 Å². The fourth-order valence-electron chi connectivity index (χ4n) is 3.19. The molecular weight excluding hydrogens is 458 g/mol. The fraction of sp³-hybridized carbons (Fsp3) is 0.238. The van der Waals surface area contributed by atoms with Crippen molar-refractivity contribution in [3.63, 3.8) is 0 Å². The van der Waals surface area contributed by atoms with Gasteiger partial charge in [0, 0.05) is 43.0 Å².